The van der Waals surface area contributed by atoms with E-state index >= 15 is 0 Å². The molecule has 0 bridgehead atoms. The second-order valence-electron chi connectivity index (χ2n) is 5.52. The lowest BCUT2D eigenvalue weighted by molar-refractivity contribution is -0.142. The molecular weight excluding hydrogens is 256 g/mol. The highest BCUT2D eigenvalue weighted by atomic mass is 16.2. The van der Waals surface area contributed by atoms with Crippen LogP contribution in [0, 0.1) is 0 Å². The van der Waals surface area contributed by atoms with Crippen LogP contribution in [0.3, 0.4) is 0 Å². The number of nitrogens with one attached hydrogen (secondary N) is 1. The van der Waals surface area contributed by atoms with E-state index in [0.717, 1.165) is 12.0 Å². The van der Waals surface area contributed by atoms with Crippen LogP contribution in [-0.2, 0) is 16.0 Å². The van der Waals surface area contributed by atoms with E-state index in [9.17, 15) is 14.4 Å². The number of amides is 3. The molecule has 104 valence electrons. The highest BCUT2D eigenvalue weighted by molar-refractivity contribution is 6.06. The quantitative estimate of drug-likeness (QED) is 0.772. The van der Waals surface area contributed by atoms with Crippen molar-refractivity contribution in [3.05, 3.63) is 35.4 Å². The fourth-order valence-electron chi connectivity index (χ4n) is 2.95. The van der Waals surface area contributed by atoms with Gasteiger partial charge in [-0.3, -0.25) is 19.7 Å². The molecule has 1 saturated heterocycles. The normalized spacial score (nSPS) is 26.2. The number of nitrogens with zero attached hydrogens (tertiary/aromatic N) is 1. The van der Waals surface area contributed by atoms with E-state index in [-0.39, 0.29) is 24.1 Å². The Hall–Kier alpha value is -2.17. The first-order valence-electron chi connectivity index (χ1n) is 6.76. The lowest BCUT2D eigenvalue weighted by atomic mass is 9.86. The van der Waals surface area contributed by atoms with Crippen molar-refractivity contribution in [2.45, 2.75) is 31.7 Å². The van der Waals surface area contributed by atoms with Gasteiger partial charge in [-0.15, -0.1) is 0 Å². The molecule has 2 heterocycles. The van der Waals surface area contributed by atoms with Gasteiger partial charge < -0.3 is 4.90 Å². The smallest absolute Gasteiger partial charge is 0.255 e. The van der Waals surface area contributed by atoms with E-state index in [1.54, 1.807) is 17.9 Å². The van der Waals surface area contributed by atoms with Crippen molar-refractivity contribution in [2.24, 2.45) is 0 Å². The van der Waals surface area contributed by atoms with Crippen LogP contribution in [0.2, 0.25) is 0 Å². The van der Waals surface area contributed by atoms with Gasteiger partial charge in [0.25, 0.3) is 11.8 Å². The molecule has 5 heteroatoms. The summed E-state index contributed by atoms with van der Waals surface area (Å²) in [5.74, 6) is -0.766. The fourth-order valence-corrected chi connectivity index (χ4v) is 2.95. The molecule has 3 rings (SSSR count). The number of benzene rings is 1. The third kappa shape index (κ3) is 1.81. The summed E-state index contributed by atoms with van der Waals surface area (Å²) in [6, 6.07) is 7.47. The summed E-state index contributed by atoms with van der Waals surface area (Å²) < 4.78 is 0. The number of rotatable bonds is 1. The van der Waals surface area contributed by atoms with Crippen LogP contribution < -0.4 is 5.32 Å². The molecule has 1 fully saturated rings. The zero-order valence-electron chi connectivity index (χ0n) is 11.3. The van der Waals surface area contributed by atoms with Crippen molar-refractivity contribution >= 4 is 17.7 Å². The number of carbonyl (C=O) groups excluding carboxylic acids is 3. The van der Waals surface area contributed by atoms with Gasteiger partial charge in [0.15, 0.2) is 0 Å². The Bertz CT molecular complexity index is 611. The number of carbonyl (C=O) groups is 3. The average molecular weight is 272 g/mol. The van der Waals surface area contributed by atoms with Crippen molar-refractivity contribution in [3.8, 4) is 0 Å². The zero-order chi connectivity index (χ0) is 14.3. The third-order valence-electron chi connectivity index (χ3n) is 4.27. The second kappa shape index (κ2) is 4.44. The van der Waals surface area contributed by atoms with Crippen molar-refractivity contribution in [1.82, 2.24) is 10.2 Å². The number of hydrogen-bond donors (Lipinski definition) is 1. The summed E-state index contributed by atoms with van der Waals surface area (Å²) in [4.78, 5) is 37.7. The van der Waals surface area contributed by atoms with Gasteiger partial charge in [0, 0.05) is 18.5 Å². The topological polar surface area (TPSA) is 66.5 Å². The average Bonchev–Trinajstić information content (AvgIpc) is 2.44. The molecule has 1 aromatic carbocycles. The van der Waals surface area contributed by atoms with Crippen LogP contribution in [0.1, 0.15) is 35.7 Å². The number of fused-ring (bicyclic) bond motifs is 1. The predicted octanol–water partition coefficient (Wildman–Crippen LogP) is 0.880. The summed E-state index contributed by atoms with van der Waals surface area (Å²) in [5.41, 5.74) is 0.743. The molecule has 0 aliphatic carbocycles. The molecule has 1 aromatic rings. The van der Waals surface area contributed by atoms with E-state index in [1.165, 1.54) is 0 Å². The molecule has 2 aliphatic heterocycles. The van der Waals surface area contributed by atoms with Gasteiger partial charge in [0.05, 0.1) is 0 Å². The Morgan fingerprint density at radius 1 is 1.15 bits per heavy atom. The first kappa shape index (κ1) is 12.8. The second-order valence-corrected chi connectivity index (χ2v) is 5.52. The highest BCUT2D eigenvalue weighted by Crippen LogP contribution is 2.30. The summed E-state index contributed by atoms with van der Waals surface area (Å²) in [6.07, 6.45) is 1.39. The summed E-state index contributed by atoms with van der Waals surface area (Å²) in [6.45, 7) is 2.24. The van der Waals surface area contributed by atoms with Gasteiger partial charge in [-0.25, -0.2) is 0 Å². The maximum atomic E-state index is 12.6. The molecule has 0 saturated carbocycles. The number of hydrogen-bond acceptors (Lipinski definition) is 3. The minimum Gasteiger partial charge on any atom is -0.324 e. The van der Waals surface area contributed by atoms with Crippen LogP contribution in [0.15, 0.2) is 24.3 Å². The largest absolute Gasteiger partial charge is 0.324 e. The molecule has 20 heavy (non-hydrogen) atoms. The lowest BCUT2D eigenvalue weighted by Crippen LogP contribution is -2.64. The van der Waals surface area contributed by atoms with E-state index in [0.29, 0.717) is 18.5 Å². The predicted molar refractivity (Wildman–Crippen MR) is 72.0 cm³/mol. The zero-order valence-corrected chi connectivity index (χ0v) is 11.3. The molecule has 5 nitrogen and oxygen atoms in total. The van der Waals surface area contributed by atoms with E-state index < -0.39 is 5.54 Å². The lowest BCUT2D eigenvalue weighted by Gasteiger charge is -2.44. The minimum absolute atomic E-state index is 0.126. The molecule has 0 aromatic heterocycles. The van der Waals surface area contributed by atoms with Crippen molar-refractivity contribution in [2.75, 3.05) is 6.54 Å². The van der Waals surface area contributed by atoms with E-state index in [1.807, 2.05) is 18.2 Å². The van der Waals surface area contributed by atoms with Crippen LogP contribution >= 0.6 is 0 Å². The summed E-state index contributed by atoms with van der Waals surface area (Å²) >= 11 is 0. The van der Waals surface area contributed by atoms with Crippen LogP contribution in [-0.4, -0.2) is 34.7 Å². The van der Waals surface area contributed by atoms with Gasteiger partial charge in [0.2, 0.25) is 5.91 Å². The Labute approximate surface area is 116 Å². The Balaban J connectivity index is 1.94. The van der Waals surface area contributed by atoms with Gasteiger partial charge in [0.1, 0.15) is 5.54 Å². The molecule has 0 spiro atoms. The van der Waals surface area contributed by atoms with Crippen molar-refractivity contribution in [3.63, 3.8) is 0 Å². The van der Waals surface area contributed by atoms with Crippen LogP contribution in [0.5, 0.6) is 0 Å². The molecule has 3 amide bonds. The third-order valence-corrected chi connectivity index (χ3v) is 4.27. The SMILES string of the molecule is C[C@@]1(N2CCc3ccccc3C2=O)CCC(=O)NC1=O. The fraction of sp³-hybridized carbons (Fsp3) is 0.400. The Kier molecular flexibility index (Phi) is 2.85. The van der Waals surface area contributed by atoms with Gasteiger partial charge in [-0.1, -0.05) is 18.2 Å². The minimum atomic E-state index is -0.932. The maximum absolute atomic E-state index is 12.6. The standard InChI is InChI=1S/C15H16N2O3/c1-15(8-6-12(18)16-14(15)20)17-9-7-10-4-2-3-5-11(10)13(17)19/h2-5H,6-9H2,1H3,(H,16,18,20)/t15-/m1/s1. The molecule has 1 atom stereocenters. The van der Waals surface area contributed by atoms with Crippen molar-refractivity contribution < 1.29 is 14.4 Å². The Morgan fingerprint density at radius 3 is 2.65 bits per heavy atom. The summed E-state index contributed by atoms with van der Waals surface area (Å²) in [5, 5.41) is 2.34. The van der Waals surface area contributed by atoms with Gasteiger partial charge >= 0.3 is 0 Å². The first-order valence-corrected chi connectivity index (χ1v) is 6.76. The van der Waals surface area contributed by atoms with Crippen LogP contribution in [0.4, 0.5) is 0 Å². The molecule has 2 aliphatic rings. The molecule has 1 N–H and O–H groups in total. The summed E-state index contributed by atoms with van der Waals surface area (Å²) in [7, 11) is 0. The number of imide groups is 1. The van der Waals surface area contributed by atoms with Gasteiger partial charge in [-0.05, 0) is 31.4 Å². The molecule has 0 radical (unpaired) electrons. The first-order chi connectivity index (χ1) is 9.52. The molecular formula is C15H16N2O3. The Morgan fingerprint density at radius 2 is 1.90 bits per heavy atom. The van der Waals surface area contributed by atoms with Gasteiger partial charge in [-0.2, -0.15) is 0 Å². The van der Waals surface area contributed by atoms with Crippen molar-refractivity contribution in [1.29, 1.82) is 0 Å². The highest BCUT2D eigenvalue weighted by Gasteiger charge is 2.46. The van der Waals surface area contributed by atoms with E-state index in [4.69, 9.17) is 0 Å². The monoisotopic (exact) mass is 272 g/mol. The maximum Gasteiger partial charge on any atom is 0.255 e. The molecule has 0 unspecified atom stereocenters. The van der Waals surface area contributed by atoms with Crippen LogP contribution in [0.25, 0.3) is 0 Å². The van der Waals surface area contributed by atoms with E-state index in [2.05, 4.69) is 5.32 Å². The number of piperidine rings is 1.